The average molecular weight is 919 g/mol. The van der Waals surface area contributed by atoms with Crippen LogP contribution in [0.2, 0.25) is 0 Å². The zero-order valence-corrected chi connectivity index (χ0v) is 38.0. The minimum absolute atomic E-state index is 0.0885. The highest BCUT2D eigenvalue weighted by Crippen LogP contribution is 2.53. The molecule has 10 nitrogen and oxygen atoms in total. The van der Waals surface area contributed by atoms with E-state index in [0.29, 0.717) is 23.1 Å². The number of aliphatic imine (C=N–C) groups is 3. The Labute approximate surface area is 409 Å². The van der Waals surface area contributed by atoms with Crippen molar-refractivity contribution in [2.24, 2.45) is 26.8 Å². The van der Waals surface area contributed by atoms with Gasteiger partial charge in [-0.1, -0.05) is 121 Å². The van der Waals surface area contributed by atoms with Crippen molar-refractivity contribution < 1.29 is 10.2 Å². The smallest absolute Gasteiger partial charge is 0.213 e. The molecule has 3 aliphatic carbocycles. The van der Waals surface area contributed by atoms with Gasteiger partial charge >= 0.3 is 0 Å². The van der Waals surface area contributed by atoms with Crippen LogP contribution in [0.5, 0.6) is 0 Å². The van der Waals surface area contributed by atoms with Crippen LogP contribution in [-0.2, 0) is 0 Å². The van der Waals surface area contributed by atoms with Crippen molar-refractivity contribution in [2.45, 2.75) is 0 Å². The van der Waals surface area contributed by atoms with E-state index in [0.717, 1.165) is 101 Å². The van der Waals surface area contributed by atoms with E-state index in [4.69, 9.17) is 15.0 Å². The second kappa shape index (κ2) is 16.0. The lowest BCUT2D eigenvalue weighted by atomic mass is 9.69. The highest BCUT2D eigenvalue weighted by molar-refractivity contribution is 6.24. The molecule has 2 atom stereocenters. The molecule has 3 heterocycles. The van der Waals surface area contributed by atoms with Crippen molar-refractivity contribution in [2.75, 3.05) is 20.4 Å². The molecule has 0 amide bonds. The summed E-state index contributed by atoms with van der Waals surface area (Å²) in [6, 6.07) is 61.3. The van der Waals surface area contributed by atoms with E-state index in [2.05, 4.69) is 129 Å². The Balaban J connectivity index is 0.775. The molecule has 0 spiro atoms. The lowest BCUT2D eigenvalue weighted by molar-refractivity contribution is 0.346. The first-order valence-electron chi connectivity index (χ1n) is 23.7. The summed E-state index contributed by atoms with van der Waals surface area (Å²) < 4.78 is 0. The summed E-state index contributed by atoms with van der Waals surface area (Å²) in [6.45, 7) is 0. The first-order chi connectivity index (χ1) is 35.1. The third-order valence-corrected chi connectivity index (χ3v) is 14.1. The lowest BCUT2D eigenvalue weighted by Crippen LogP contribution is -2.36. The van der Waals surface area contributed by atoms with E-state index in [9.17, 15) is 10.2 Å². The normalized spacial score (nSPS) is 18.1. The molecule has 71 heavy (non-hydrogen) atoms. The third kappa shape index (κ3) is 6.38. The van der Waals surface area contributed by atoms with Crippen LogP contribution in [-0.4, -0.2) is 28.0 Å². The molecule has 338 valence electrons. The summed E-state index contributed by atoms with van der Waals surface area (Å²) in [7, 11) is 0. The summed E-state index contributed by atoms with van der Waals surface area (Å²) >= 11 is 0. The number of amidine groups is 1. The number of rotatable bonds is 7. The van der Waals surface area contributed by atoms with Gasteiger partial charge in [-0.3, -0.25) is 9.80 Å². The number of allylic oxidation sites excluding steroid dienone is 8. The first kappa shape index (κ1) is 40.4. The minimum Gasteiger partial charge on any atom is -0.507 e. The summed E-state index contributed by atoms with van der Waals surface area (Å²) in [6.07, 6.45) is 10.4. The van der Waals surface area contributed by atoms with Crippen LogP contribution in [0.15, 0.2) is 261 Å². The van der Waals surface area contributed by atoms with Gasteiger partial charge in [0.15, 0.2) is 0 Å². The Morgan fingerprint density at radius 2 is 0.930 bits per heavy atom. The van der Waals surface area contributed by atoms with Gasteiger partial charge in [0.05, 0.1) is 34.0 Å². The van der Waals surface area contributed by atoms with E-state index >= 15 is 0 Å². The number of benzene rings is 8. The van der Waals surface area contributed by atoms with Crippen molar-refractivity contribution in [3.8, 4) is 0 Å². The number of nitrogens with one attached hydrogen (secondary N) is 3. The molecule has 5 N–H and O–H groups in total. The van der Waals surface area contributed by atoms with E-state index in [1.807, 2.05) is 109 Å². The number of aliphatic hydroxyl groups is 2. The quantitative estimate of drug-likeness (QED) is 0.108. The molecule has 0 radical (unpaired) electrons. The van der Waals surface area contributed by atoms with Gasteiger partial charge in [-0.05, 0) is 107 Å². The fourth-order valence-electron chi connectivity index (χ4n) is 11.0. The number of nitrogens with zero attached hydrogens (tertiary/aromatic N) is 5. The van der Waals surface area contributed by atoms with Crippen LogP contribution in [0.4, 0.5) is 45.5 Å². The molecule has 0 saturated carbocycles. The summed E-state index contributed by atoms with van der Waals surface area (Å²) in [5.41, 5.74) is 12.9. The number of para-hydroxylation sites is 4. The number of hydrogen-bond acceptors (Lipinski definition) is 10. The van der Waals surface area contributed by atoms with Crippen molar-refractivity contribution in [3.05, 3.63) is 258 Å². The van der Waals surface area contributed by atoms with E-state index in [1.165, 1.54) is 0 Å². The first-order valence-corrected chi connectivity index (χ1v) is 23.7. The van der Waals surface area contributed by atoms with Crippen LogP contribution in [0.25, 0.3) is 27.1 Å². The molecule has 6 aliphatic rings. The monoisotopic (exact) mass is 918 g/mol. The summed E-state index contributed by atoms with van der Waals surface area (Å²) in [5, 5.41) is 38.9. The predicted octanol–water partition coefficient (Wildman–Crippen LogP) is 14.2. The molecule has 0 saturated heterocycles. The lowest BCUT2D eigenvalue weighted by Gasteiger charge is -2.38. The Morgan fingerprint density at radius 1 is 0.437 bits per heavy atom. The van der Waals surface area contributed by atoms with Crippen molar-refractivity contribution >= 4 is 90.4 Å². The van der Waals surface area contributed by atoms with Crippen molar-refractivity contribution in [1.29, 1.82) is 0 Å². The summed E-state index contributed by atoms with van der Waals surface area (Å²) in [4.78, 5) is 19.9. The SMILES string of the molecule is OC1=C(c2ccc3c4c(cccc24)N=C(N(c2ccccc2)c2ccccc2)N3)C(O)=C1C1C=CC2=C3C(=CC=CC31)NC(c1ccc3c4c(cccc14)N=C(N(c1ccccc1)c1ccccc1)N3)=N2. The predicted molar refractivity (Wildman–Crippen MR) is 289 cm³/mol. The zero-order valence-electron chi connectivity index (χ0n) is 38.0. The van der Waals surface area contributed by atoms with E-state index < -0.39 is 0 Å². The second-order valence-electron chi connectivity index (χ2n) is 18.1. The van der Waals surface area contributed by atoms with Gasteiger partial charge in [-0.15, -0.1) is 0 Å². The van der Waals surface area contributed by atoms with Gasteiger partial charge in [0.25, 0.3) is 0 Å². The Hall–Kier alpha value is -9.67. The van der Waals surface area contributed by atoms with Crippen molar-refractivity contribution in [3.63, 3.8) is 0 Å². The Morgan fingerprint density at radius 3 is 1.45 bits per heavy atom. The summed E-state index contributed by atoms with van der Waals surface area (Å²) in [5.74, 6) is 1.79. The number of hydrogen-bond donors (Lipinski definition) is 5. The highest BCUT2D eigenvalue weighted by atomic mass is 16.3. The van der Waals surface area contributed by atoms with Gasteiger partial charge in [0.1, 0.15) is 17.4 Å². The van der Waals surface area contributed by atoms with Crippen LogP contribution in [0.3, 0.4) is 0 Å². The molecular formula is C61H42N8O2. The molecule has 0 bridgehead atoms. The Bertz CT molecular complexity index is 3790. The van der Waals surface area contributed by atoms with E-state index in [1.54, 1.807) is 0 Å². The van der Waals surface area contributed by atoms with Gasteiger partial charge in [0, 0.05) is 67.8 Å². The van der Waals surface area contributed by atoms with E-state index in [-0.39, 0.29) is 23.4 Å². The molecule has 0 aromatic heterocycles. The topological polar surface area (TPSA) is 120 Å². The maximum absolute atomic E-state index is 12.1. The molecule has 14 rings (SSSR count). The number of anilines is 6. The Kier molecular flexibility index (Phi) is 9.09. The zero-order chi connectivity index (χ0) is 47.2. The molecule has 3 aliphatic heterocycles. The maximum Gasteiger partial charge on any atom is 0.213 e. The minimum atomic E-state index is -0.322. The molecule has 8 aromatic carbocycles. The highest BCUT2D eigenvalue weighted by Gasteiger charge is 2.43. The van der Waals surface area contributed by atoms with Crippen molar-refractivity contribution in [1.82, 2.24) is 5.32 Å². The van der Waals surface area contributed by atoms with Crippen LogP contribution < -0.4 is 25.8 Å². The fraction of sp³-hybridized carbons (Fsp3) is 0.0328. The second-order valence-corrected chi connectivity index (χ2v) is 18.1. The molecule has 10 heteroatoms. The largest absolute Gasteiger partial charge is 0.507 e. The van der Waals surface area contributed by atoms with Gasteiger partial charge in [-0.25, -0.2) is 15.0 Å². The number of guanidine groups is 2. The van der Waals surface area contributed by atoms with Gasteiger partial charge in [0.2, 0.25) is 11.9 Å². The molecule has 8 aromatic rings. The molecule has 0 fully saturated rings. The van der Waals surface area contributed by atoms with Crippen LogP contribution in [0.1, 0.15) is 11.1 Å². The average Bonchev–Trinajstić information content (AvgIpc) is 3.42. The third-order valence-electron chi connectivity index (χ3n) is 14.1. The van der Waals surface area contributed by atoms with Gasteiger partial charge < -0.3 is 26.2 Å². The van der Waals surface area contributed by atoms with Crippen LogP contribution in [0, 0.1) is 11.8 Å². The molecular weight excluding hydrogens is 877 g/mol. The fourth-order valence-corrected chi connectivity index (χ4v) is 11.0. The molecule has 2 unspecified atom stereocenters. The standard InChI is InChI=1S/C61H42N8O2/c70-57-55(58(71)56(57)44-31-34-50-53-41(44)25-14-28-47(53)64-60(66-50)68(36-16-5-1-6-17-36)37-18-7-2-8-19-37)43-30-33-49-52-40(43)24-13-27-46(52)62-59(63-49)45-32-35-51-54-42(45)26-15-29-48(54)65-61(67-51)69(38-20-9-3-10-21-38)39-22-11-4-12-23-39/h1-35,40,43,70-71H,(H,62,63)(H,64,66)(H,65,67). The number of aliphatic hydroxyl groups excluding tert-OH is 2. The maximum atomic E-state index is 12.1. The van der Waals surface area contributed by atoms with Crippen LogP contribution >= 0.6 is 0 Å². The van der Waals surface area contributed by atoms with Gasteiger partial charge in [-0.2, -0.15) is 0 Å².